The van der Waals surface area contributed by atoms with Gasteiger partial charge in [-0.3, -0.25) is 4.79 Å². The highest BCUT2D eigenvalue weighted by Gasteiger charge is 2.24. The van der Waals surface area contributed by atoms with Gasteiger partial charge in [0.25, 0.3) is 0 Å². The zero-order valence-electron chi connectivity index (χ0n) is 20.0. The first-order valence-electron chi connectivity index (χ1n) is 11.2. The van der Waals surface area contributed by atoms with Gasteiger partial charge in [-0.15, -0.1) is 0 Å². The minimum absolute atomic E-state index is 0.0285. The van der Waals surface area contributed by atoms with Crippen molar-refractivity contribution in [3.8, 4) is 5.75 Å². The monoisotopic (exact) mass is 477 g/mol. The minimum atomic E-state index is -1.20. The van der Waals surface area contributed by atoms with Crippen molar-refractivity contribution in [1.29, 1.82) is 0 Å². The summed E-state index contributed by atoms with van der Waals surface area (Å²) >= 11 is 0. The zero-order valence-corrected chi connectivity index (χ0v) is 20.0. The summed E-state index contributed by atoms with van der Waals surface area (Å²) in [6, 6.07) is 8.45. The predicted octanol–water partition coefficient (Wildman–Crippen LogP) is 4.21. The number of aromatic hydroxyl groups is 1. The molecule has 2 heterocycles. The van der Waals surface area contributed by atoms with Crippen molar-refractivity contribution in [3.05, 3.63) is 75.3 Å². The summed E-state index contributed by atoms with van der Waals surface area (Å²) in [7, 11) is 0. The Balaban J connectivity index is 1.63. The van der Waals surface area contributed by atoms with E-state index in [1.807, 2.05) is 6.07 Å². The Hall–Kier alpha value is -4.07. The Kier molecular flexibility index (Phi) is 6.15. The number of carboxylic acids is 1. The maximum atomic E-state index is 12.8. The first-order chi connectivity index (χ1) is 16.4. The molecule has 2 aromatic carbocycles. The third kappa shape index (κ3) is 4.91. The predicted molar refractivity (Wildman–Crippen MR) is 131 cm³/mol. The fourth-order valence-electron chi connectivity index (χ4n) is 4.17. The number of aliphatic carboxylic acids is 1. The molecule has 4 aromatic rings. The van der Waals surface area contributed by atoms with E-state index in [9.17, 15) is 24.6 Å². The summed E-state index contributed by atoms with van der Waals surface area (Å²) in [6.07, 6.45) is 1.41. The lowest BCUT2D eigenvalue weighted by atomic mass is 9.86. The van der Waals surface area contributed by atoms with Crippen LogP contribution in [0.3, 0.4) is 0 Å². The van der Waals surface area contributed by atoms with E-state index in [0.717, 1.165) is 10.9 Å². The summed E-state index contributed by atoms with van der Waals surface area (Å²) in [5, 5.41) is 23.1. The standard InChI is InChI=1S/C27H27NO7/c1-14-17-10-19-20(27(2,3)4)13-34-22(19)12-23(17)35-26(33)18(14)11-24(30)28-21(25(31)32)9-15-5-7-16(29)8-6-15/h5-8,10,12-13,21,29H,9,11H2,1-4H3,(H,28,30)(H,31,32)/t21-/m1/s1. The van der Waals surface area contributed by atoms with Gasteiger partial charge in [-0.2, -0.15) is 0 Å². The summed E-state index contributed by atoms with van der Waals surface area (Å²) < 4.78 is 11.2. The number of fused-ring (bicyclic) bond motifs is 2. The number of hydrogen-bond acceptors (Lipinski definition) is 6. The van der Waals surface area contributed by atoms with E-state index in [1.165, 1.54) is 12.1 Å². The average Bonchev–Trinajstić information content (AvgIpc) is 3.20. The number of carbonyl (C=O) groups is 2. The number of carboxylic acid groups (broad SMARTS) is 1. The molecule has 4 rings (SSSR count). The van der Waals surface area contributed by atoms with Crippen molar-refractivity contribution in [2.24, 2.45) is 0 Å². The molecule has 0 spiro atoms. The fraction of sp³-hybridized carbons (Fsp3) is 0.296. The summed E-state index contributed by atoms with van der Waals surface area (Å²) in [5.41, 5.74) is 2.56. The van der Waals surface area contributed by atoms with Gasteiger partial charge < -0.3 is 24.4 Å². The number of phenols is 1. The van der Waals surface area contributed by atoms with Crippen LogP contribution in [0.25, 0.3) is 21.9 Å². The van der Waals surface area contributed by atoms with E-state index in [1.54, 1.807) is 31.4 Å². The van der Waals surface area contributed by atoms with E-state index in [4.69, 9.17) is 8.83 Å². The maximum absolute atomic E-state index is 12.8. The van der Waals surface area contributed by atoms with Crippen LogP contribution in [0.4, 0.5) is 0 Å². The van der Waals surface area contributed by atoms with Crippen LogP contribution in [0, 0.1) is 6.92 Å². The third-order valence-electron chi connectivity index (χ3n) is 6.14. The number of nitrogens with one attached hydrogen (secondary N) is 1. The first-order valence-corrected chi connectivity index (χ1v) is 11.2. The second kappa shape index (κ2) is 8.94. The van der Waals surface area contributed by atoms with Crippen LogP contribution in [0.15, 0.2) is 56.3 Å². The molecule has 0 bridgehead atoms. The van der Waals surface area contributed by atoms with Crippen molar-refractivity contribution in [1.82, 2.24) is 5.32 Å². The number of furan rings is 1. The normalized spacial score (nSPS) is 12.7. The van der Waals surface area contributed by atoms with E-state index >= 15 is 0 Å². The van der Waals surface area contributed by atoms with Crippen LogP contribution in [0.2, 0.25) is 0 Å². The highest BCUT2D eigenvalue weighted by atomic mass is 16.4. The number of benzene rings is 2. The lowest BCUT2D eigenvalue weighted by Crippen LogP contribution is -2.43. The molecule has 0 aliphatic carbocycles. The van der Waals surface area contributed by atoms with Crippen molar-refractivity contribution in [3.63, 3.8) is 0 Å². The van der Waals surface area contributed by atoms with Crippen LogP contribution in [-0.2, 0) is 27.8 Å². The Morgan fingerprint density at radius 2 is 1.74 bits per heavy atom. The Morgan fingerprint density at radius 3 is 2.37 bits per heavy atom. The van der Waals surface area contributed by atoms with Gasteiger partial charge in [0.15, 0.2) is 0 Å². The van der Waals surface area contributed by atoms with Gasteiger partial charge in [-0.1, -0.05) is 32.9 Å². The molecule has 8 nitrogen and oxygen atoms in total. The highest BCUT2D eigenvalue weighted by Crippen LogP contribution is 2.35. The quantitative estimate of drug-likeness (QED) is 0.355. The van der Waals surface area contributed by atoms with E-state index in [2.05, 4.69) is 26.1 Å². The van der Waals surface area contributed by atoms with Gasteiger partial charge in [0.1, 0.15) is 23.0 Å². The van der Waals surface area contributed by atoms with E-state index < -0.39 is 23.5 Å². The molecule has 1 atom stereocenters. The molecule has 35 heavy (non-hydrogen) atoms. The van der Waals surface area contributed by atoms with Gasteiger partial charge in [-0.25, -0.2) is 9.59 Å². The number of aryl methyl sites for hydroxylation is 1. The van der Waals surface area contributed by atoms with Gasteiger partial charge in [0.2, 0.25) is 5.91 Å². The first kappa shape index (κ1) is 24.1. The van der Waals surface area contributed by atoms with Gasteiger partial charge >= 0.3 is 11.6 Å². The van der Waals surface area contributed by atoms with E-state index in [0.29, 0.717) is 27.7 Å². The number of amides is 1. The average molecular weight is 478 g/mol. The van der Waals surface area contributed by atoms with Crippen LogP contribution >= 0.6 is 0 Å². The van der Waals surface area contributed by atoms with Gasteiger partial charge in [0, 0.05) is 28.8 Å². The van der Waals surface area contributed by atoms with Crippen molar-refractivity contribution in [2.75, 3.05) is 0 Å². The lowest BCUT2D eigenvalue weighted by Gasteiger charge is -2.17. The molecule has 0 radical (unpaired) electrons. The number of hydrogen-bond donors (Lipinski definition) is 3. The van der Waals surface area contributed by atoms with Crippen LogP contribution in [0.5, 0.6) is 5.75 Å². The van der Waals surface area contributed by atoms with Crippen LogP contribution < -0.4 is 10.9 Å². The lowest BCUT2D eigenvalue weighted by molar-refractivity contribution is -0.141. The molecule has 1 amide bonds. The van der Waals surface area contributed by atoms with E-state index in [-0.39, 0.29) is 29.6 Å². The van der Waals surface area contributed by atoms with Gasteiger partial charge in [-0.05, 0) is 41.7 Å². The molecule has 8 heteroatoms. The second-order valence-corrected chi connectivity index (χ2v) is 9.74. The number of rotatable bonds is 6. The Labute approximate surface area is 201 Å². The van der Waals surface area contributed by atoms with Gasteiger partial charge in [0.05, 0.1) is 18.2 Å². The minimum Gasteiger partial charge on any atom is -0.508 e. The Bertz CT molecular complexity index is 1490. The topological polar surface area (TPSA) is 130 Å². The summed E-state index contributed by atoms with van der Waals surface area (Å²) in [6.45, 7) is 7.97. The smallest absolute Gasteiger partial charge is 0.340 e. The summed E-state index contributed by atoms with van der Waals surface area (Å²) in [4.78, 5) is 37.2. The number of carbonyl (C=O) groups excluding carboxylic acids is 1. The summed E-state index contributed by atoms with van der Waals surface area (Å²) in [5.74, 6) is -1.75. The molecular formula is C27H27NO7. The number of phenolic OH excluding ortho intramolecular Hbond substituents is 1. The molecule has 0 aliphatic rings. The second-order valence-electron chi connectivity index (χ2n) is 9.74. The Morgan fingerprint density at radius 1 is 1.06 bits per heavy atom. The molecule has 0 saturated heterocycles. The molecule has 0 aliphatic heterocycles. The molecule has 182 valence electrons. The fourth-order valence-corrected chi connectivity index (χ4v) is 4.17. The van der Waals surface area contributed by atoms with Crippen molar-refractivity contribution >= 4 is 33.8 Å². The van der Waals surface area contributed by atoms with Crippen LogP contribution in [0.1, 0.15) is 43.0 Å². The van der Waals surface area contributed by atoms with Crippen molar-refractivity contribution < 1.29 is 28.6 Å². The third-order valence-corrected chi connectivity index (χ3v) is 6.14. The molecule has 3 N–H and O–H groups in total. The molecule has 2 aromatic heterocycles. The zero-order chi connectivity index (χ0) is 25.5. The largest absolute Gasteiger partial charge is 0.508 e. The molecule has 0 unspecified atom stereocenters. The van der Waals surface area contributed by atoms with Crippen LogP contribution in [-0.4, -0.2) is 28.1 Å². The highest BCUT2D eigenvalue weighted by molar-refractivity contribution is 5.97. The SMILES string of the molecule is Cc1c(CC(=O)N[C@H](Cc2ccc(O)cc2)C(=O)O)c(=O)oc2cc3occ(C(C)(C)C)c3cc12. The van der Waals surface area contributed by atoms with Crippen molar-refractivity contribution in [2.45, 2.75) is 52.0 Å². The molecular weight excluding hydrogens is 450 g/mol. The molecule has 0 saturated carbocycles. The molecule has 0 fully saturated rings. The maximum Gasteiger partial charge on any atom is 0.340 e.